The van der Waals surface area contributed by atoms with Gasteiger partial charge in [0.2, 0.25) is 0 Å². The number of aromatic nitrogens is 1. The van der Waals surface area contributed by atoms with Crippen molar-refractivity contribution in [3.8, 4) is 0 Å². The number of aryl methyl sites for hydroxylation is 2. The Morgan fingerprint density at radius 3 is 3.06 bits per heavy atom. The number of ether oxygens (including phenoxy) is 1. The van der Waals surface area contributed by atoms with Crippen molar-refractivity contribution >= 4 is 11.8 Å². The van der Waals surface area contributed by atoms with Gasteiger partial charge in [-0.3, -0.25) is 0 Å². The average molecular weight is 220 g/mol. The van der Waals surface area contributed by atoms with Crippen LogP contribution in [-0.4, -0.2) is 24.6 Å². The van der Waals surface area contributed by atoms with Gasteiger partial charge in [-0.15, -0.1) is 0 Å². The van der Waals surface area contributed by atoms with Crippen molar-refractivity contribution in [1.29, 1.82) is 0 Å². The van der Waals surface area contributed by atoms with Crippen molar-refractivity contribution in [2.75, 3.05) is 19.0 Å². The van der Waals surface area contributed by atoms with Crippen LogP contribution in [0.1, 0.15) is 35.0 Å². The van der Waals surface area contributed by atoms with E-state index in [0.717, 1.165) is 31.5 Å². The van der Waals surface area contributed by atoms with Gasteiger partial charge in [-0.1, -0.05) is 0 Å². The monoisotopic (exact) mass is 220 g/mol. The Balaban J connectivity index is 2.44. The van der Waals surface area contributed by atoms with Crippen molar-refractivity contribution in [3.63, 3.8) is 0 Å². The van der Waals surface area contributed by atoms with Crippen molar-refractivity contribution in [2.45, 2.75) is 26.2 Å². The highest BCUT2D eigenvalue weighted by Crippen LogP contribution is 2.25. The van der Waals surface area contributed by atoms with Crippen LogP contribution in [0.2, 0.25) is 0 Å². The third-order valence-corrected chi connectivity index (χ3v) is 2.80. The fourth-order valence-electron chi connectivity index (χ4n) is 2.04. The van der Waals surface area contributed by atoms with Crippen molar-refractivity contribution < 1.29 is 9.53 Å². The molecular weight excluding hydrogens is 204 g/mol. The molecule has 2 rings (SSSR count). The minimum absolute atomic E-state index is 0.321. The molecule has 1 aromatic rings. The second-order valence-electron chi connectivity index (χ2n) is 3.87. The molecule has 0 bridgehead atoms. The lowest BCUT2D eigenvalue weighted by molar-refractivity contribution is 0.0601. The second kappa shape index (κ2) is 4.51. The predicted molar refractivity (Wildman–Crippen MR) is 61.8 cm³/mol. The van der Waals surface area contributed by atoms with Crippen molar-refractivity contribution in [2.24, 2.45) is 0 Å². The van der Waals surface area contributed by atoms with E-state index >= 15 is 0 Å². The summed E-state index contributed by atoms with van der Waals surface area (Å²) in [5.41, 5.74) is 2.84. The van der Waals surface area contributed by atoms with Crippen LogP contribution in [0.5, 0.6) is 0 Å². The maximum Gasteiger partial charge on any atom is 0.341 e. The first-order valence-corrected chi connectivity index (χ1v) is 5.61. The second-order valence-corrected chi connectivity index (χ2v) is 3.87. The molecule has 0 saturated heterocycles. The number of hydrogen-bond donors (Lipinski definition) is 1. The minimum Gasteiger partial charge on any atom is -0.465 e. The first kappa shape index (κ1) is 10.9. The van der Waals surface area contributed by atoms with E-state index in [0.29, 0.717) is 11.4 Å². The summed E-state index contributed by atoms with van der Waals surface area (Å²) in [4.78, 5) is 16.1. The highest BCUT2D eigenvalue weighted by Gasteiger charge is 2.20. The molecule has 0 fully saturated rings. The fourth-order valence-corrected chi connectivity index (χ4v) is 2.04. The molecule has 1 aliphatic carbocycles. The number of nitrogens with zero attached hydrogens (tertiary/aromatic N) is 1. The van der Waals surface area contributed by atoms with Crippen LogP contribution in [0.25, 0.3) is 0 Å². The smallest absolute Gasteiger partial charge is 0.341 e. The van der Waals surface area contributed by atoms with Crippen LogP contribution in [-0.2, 0) is 17.6 Å². The molecule has 0 spiro atoms. The highest BCUT2D eigenvalue weighted by atomic mass is 16.5. The van der Waals surface area contributed by atoms with Gasteiger partial charge in [0.1, 0.15) is 11.4 Å². The SMILES string of the molecule is CCNc1nc2c(cc1C(=O)OC)CCC2. The molecule has 4 heteroatoms. The number of anilines is 1. The lowest BCUT2D eigenvalue weighted by Gasteiger charge is -2.10. The Morgan fingerprint density at radius 1 is 1.56 bits per heavy atom. The van der Waals surface area contributed by atoms with Gasteiger partial charge in [-0.05, 0) is 37.8 Å². The Hall–Kier alpha value is -1.58. The molecule has 0 saturated carbocycles. The zero-order valence-electron chi connectivity index (χ0n) is 9.67. The highest BCUT2D eigenvalue weighted by molar-refractivity contribution is 5.94. The van der Waals surface area contributed by atoms with Gasteiger partial charge in [0, 0.05) is 12.2 Å². The number of pyridine rings is 1. The number of nitrogens with one attached hydrogen (secondary N) is 1. The first-order chi connectivity index (χ1) is 7.76. The van der Waals surface area contributed by atoms with Gasteiger partial charge in [-0.2, -0.15) is 0 Å². The molecular formula is C12H16N2O2. The van der Waals surface area contributed by atoms with Crippen LogP contribution in [0.4, 0.5) is 5.82 Å². The molecule has 4 nitrogen and oxygen atoms in total. The van der Waals surface area contributed by atoms with E-state index in [-0.39, 0.29) is 5.97 Å². The molecule has 0 atom stereocenters. The van der Waals surface area contributed by atoms with E-state index in [1.54, 1.807) is 0 Å². The van der Waals surface area contributed by atoms with Gasteiger partial charge < -0.3 is 10.1 Å². The van der Waals surface area contributed by atoms with Crippen molar-refractivity contribution in [1.82, 2.24) is 4.98 Å². The molecule has 0 amide bonds. The minimum atomic E-state index is -0.321. The Kier molecular flexibility index (Phi) is 3.08. The van der Waals surface area contributed by atoms with Crippen LogP contribution < -0.4 is 5.32 Å². The van der Waals surface area contributed by atoms with E-state index in [4.69, 9.17) is 4.74 Å². The molecule has 1 heterocycles. The summed E-state index contributed by atoms with van der Waals surface area (Å²) < 4.78 is 4.76. The first-order valence-electron chi connectivity index (χ1n) is 5.61. The number of methoxy groups -OCH3 is 1. The molecule has 0 aromatic carbocycles. The Labute approximate surface area is 95.0 Å². The van der Waals surface area contributed by atoms with Gasteiger partial charge in [0.15, 0.2) is 0 Å². The van der Waals surface area contributed by atoms with Gasteiger partial charge in [0.05, 0.1) is 7.11 Å². The molecule has 1 N–H and O–H groups in total. The summed E-state index contributed by atoms with van der Waals surface area (Å²) in [7, 11) is 1.39. The van der Waals surface area contributed by atoms with E-state index < -0.39 is 0 Å². The number of carbonyl (C=O) groups is 1. The summed E-state index contributed by atoms with van der Waals surface area (Å²) in [5, 5.41) is 3.11. The zero-order valence-corrected chi connectivity index (χ0v) is 9.67. The van der Waals surface area contributed by atoms with E-state index in [1.165, 1.54) is 12.7 Å². The lowest BCUT2D eigenvalue weighted by atomic mass is 10.1. The molecule has 1 aliphatic rings. The topological polar surface area (TPSA) is 51.2 Å². The van der Waals surface area contributed by atoms with Crippen LogP contribution in [0, 0.1) is 0 Å². The van der Waals surface area contributed by atoms with Crippen molar-refractivity contribution in [3.05, 3.63) is 22.9 Å². The normalized spacial score (nSPS) is 13.4. The fraction of sp³-hybridized carbons (Fsp3) is 0.500. The standard InChI is InChI=1S/C12H16N2O2/c1-3-13-11-9(12(15)16-2)7-8-5-4-6-10(8)14-11/h7H,3-6H2,1-2H3,(H,13,14). The molecule has 86 valence electrons. The summed E-state index contributed by atoms with van der Waals surface area (Å²) in [5.74, 6) is 0.327. The van der Waals surface area contributed by atoms with Crippen LogP contribution in [0.15, 0.2) is 6.07 Å². The zero-order chi connectivity index (χ0) is 11.5. The predicted octanol–water partition coefficient (Wildman–Crippen LogP) is 1.79. The van der Waals surface area contributed by atoms with E-state index in [1.807, 2.05) is 13.0 Å². The van der Waals surface area contributed by atoms with E-state index in [9.17, 15) is 4.79 Å². The quantitative estimate of drug-likeness (QED) is 0.789. The third kappa shape index (κ3) is 1.87. The van der Waals surface area contributed by atoms with Gasteiger partial charge in [0.25, 0.3) is 0 Å². The third-order valence-electron chi connectivity index (χ3n) is 2.80. The summed E-state index contributed by atoms with van der Waals surface area (Å²) >= 11 is 0. The van der Waals surface area contributed by atoms with Crippen LogP contribution in [0.3, 0.4) is 0 Å². The number of rotatable bonds is 3. The Morgan fingerprint density at radius 2 is 2.38 bits per heavy atom. The lowest BCUT2D eigenvalue weighted by Crippen LogP contribution is -2.11. The summed E-state index contributed by atoms with van der Waals surface area (Å²) in [6, 6.07) is 1.92. The number of fused-ring (bicyclic) bond motifs is 1. The molecule has 0 radical (unpaired) electrons. The van der Waals surface area contributed by atoms with Gasteiger partial charge >= 0.3 is 5.97 Å². The largest absolute Gasteiger partial charge is 0.465 e. The van der Waals surface area contributed by atoms with Crippen LogP contribution >= 0.6 is 0 Å². The molecule has 0 aliphatic heterocycles. The molecule has 0 unspecified atom stereocenters. The molecule has 16 heavy (non-hydrogen) atoms. The Bertz CT molecular complexity index is 416. The maximum atomic E-state index is 11.6. The number of carbonyl (C=O) groups excluding carboxylic acids is 1. The summed E-state index contributed by atoms with van der Waals surface area (Å²) in [6.07, 6.45) is 3.15. The maximum absolute atomic E-state index is 11.6. The number of hydrogen-bond acceptors (Lipinski definition) is 4. The molecule has 1 aromatic heterocycles. The average Bonchev–Trinajstić information content (AvgIpc) is 2.74. The van der Waals surface area contributed by atoms with E-state index in [2.05, 4.69) is 10.3 Å². The summed E-state index contributed by atoms with van der Waals surface area (Å²) in [6.45, 7) is 2.73. The van der Waals surface area contributed by atoms with Gasteiger partial charge in [-0.25, -0.2) is 9.78 Å². The number of esters is 1.